The number of unbranched alkanes of at least 4 members (excludes halogenated alkanes) is 3. The van der Waals surface area contributed by atoms with E-state index in [9.17, 15) is 14.4 Å². The van der Waals surface area contributed by atoms with Crippen molar-refractivity contribution in [2.24, 2.45) is 5.92 Å². The average molecular weight is 552 g/mol. The molecule has 0 saturated heterocycles. The molecule has 0 saturated carbocycles. The summed E-state index contributed by atoms with van der Waals surface area (Å²) in [7, 11) is 0. The third-order valence-corrected chi connectivity index (χ3v) is 6.57. The molecule has 0 aliphatic heterocycles. The van der Waals surface area contributed by atoms with Gasteiger partial charge < -0.3 is 20.3 Å². The topological polar surface area (TPSA) is 87.7 Å². The number of nitrogens with one attached hydrogen (secondary N) is 2. The maximum atomic E-state index is 14.3. The molecule has 3 amide bonds. The van der Waals surface area contributed by atoms with Crippen LogP contribution in [0.2, 0.25) is 0 Å². The lowest BCUT2D eigenvalue weighted by Crippen LogP contribution is -2.55. The van der Waals surface area contributed by atoms with Gasteiger partial charge in [-0.25, -0.2) is 4.79 Å². The van der Waals surface area contributed by atoms with Crippen LogP contribution in [0.1, 0.15) is 95.5 Å². The van der Waals surface area contributed by atoms with E-state index < -0.39 is 23.8 Å². The molecule has 2 rings (SSSR count). The summed E-state index contributed by atoms with van der Waals surface area (Å²) in [5, 5.41) is 5.87. The van der Waals surface area contributed by atoms with Crippen LogP contribution in [0.3, 0.4) is 0 Å². The van der Waals surface area contributed by atoms with Gasteiger partial charge in [0.15, 0.2) is 0 Å². The Morgan fingerprint density at radius 3 is 2.10 bits per heavy atom. The van der Waals surface area contributed by atoms with Gasteiger partial charge in [0.1, 0.15) is 17.7 Å². The van der Waals surface area contributed by atoms with E-state index in [1.54, 1.807) is 25.7 Å². The smallest absolute Gasteiger partial charge is 0.408 e. The number of ether oxygens (including phenoxy) is 1. The van der Waals surface area contributed by atoms with Crippen LogP contribution in [0, 0.1) is 19.8 Å². The quantitative estimate of drug-likeness (QED) is 0.274. The lowest BCUT2D eigenvalue weighted by atomic mass is 9.96. The predicted molar refractivity (Wildman–Crippen MR) is 161 cm³/mol. The summed E-state index contributed by atoms with van der Waals surface area (Å²) < 4.78 is 5.47. The predicted octanol–water partition coefficient (Wildman–Crippen LogP) is 6.62. The Morgan fingerprint density at radius 1 is 0.925 bits per heavy atom. The van der Waals surface area contributed by atoms with Crippen LogP contribution >= 0.6 is 0 Å². The fourth-order valence-electron chi connectivity index (χ4n) is 4.72. The molecule has 2 atom stereocenters. The van der Waals surface area contributed by atoms with Gasteiger partial charge in [-0.05, 0) is 58.1 Å². The summed E-state index contributed by atoms with van der Waals surface area (Å²) in [4.78, 5) is 42.6. The fourth-order valence-corrected chi connectivity index (χ4v) is 4.72. The lowest BCUT2D eigenvalue weighted by molar-refractivity contribution is -0.143. The number of benzene rings is 2. The largest absolute Gasteiger partial charge is 0.444 e. The average Bonchev–Trinajstić information content (AvgIpc) is 2.86. The van der Waals surface area contributed by atoms with Crippen molar-refractivity contribution in [3.05, 3.63) is 70.8 Å². The number of carbonyl (C=O) groups excluding carboxylic acids is 3. The zero-order valence-electron chi connectivity index (χ0n) is 25.7. The van der Waals surface area contributed by atoms with E-state index in [0.717, 1.165) is 47.9 Å². The normalized spacial score (nSPS) is 12.9. The van der Waals surface area contributed by atoms with Crippen LogP contribution in [-0.2, 0) is 20.9 Å². The molecular formula is C33H49N3O4. The van der Waals surface area contributed by atoms with Gasteiger partial charge in [0.25, 0.3) is 0 Å². The van der Waals surface area contributed by atoms with E-state index in [-0.39, 0.29) is 17.7 Å². The van der Waals surface area contributed by atoms with Gasteiger partial charge in [-0.2, -0.15) is 0 Å². The van der Waals surface area contributed by atoms with Crippen LogP contribution in [0.4, 0.5) is 4.79 Å². The van der Waals surface area contributed by atoms with E-state index in [1.165, 1.54) is 0 Å². The van der Waals surface area contributed by atoms with Crippen molar-refractivity contribution in [1.82, 2.24) is 15.5 Å². The lowest BCUT2D eigenvalue weighted by Gasteiger charge is -2.36. The molecular weight excluding hydrogens is 502 g/mol. The number of hydrogen-bond acceptors (Lipinski definition) is 4. The van der Waals surface area contributed by atoms with Crippen molar-refractivity contribution in [1.29, 1.82) is 0 Å². The second-order valence-corrected chi connectivity index (χ2v) is 12.0. The first kappa shape index (κ1) is 32.9. The van der Waals surface area contributed by atoms with Gasteiger partial charge in [0, 0.05) is 13.1 Å². The third-order valence-electron chi connectivity index (χ3n) is 6.57. The van der Waals surface area contributed by atoms with Crippen LogP contribution in [0.15, 0.2) is 48.5 Å². The van der Waals surface area contributed by atoms with E-state index in [1.807, 2.05) is 70.2 Å². The SMILES string of the molecule is CCCCCCN(C(=O)C(NC(=O)OC(C)(C)C)C(C)C)C(C(=O)NCc1ccccc1)c1cc(C)cc(C)c1. The summed E-state index contributed by atoms with van der Waals surface area (Å²) >= 11 is 0. The first-order chi connectivity index (χ1) is 18.8. The number of hydrogen-bond donors (Lipinski definition) is 2. The second kappa shape index (κ2) is 15.4. The summed E-state index contributed by atoms with van der Waals surface area (Å²) in [6, 6.07) is 14.0. The maximum absolute atomic E-state index is 14.3. The molecule has 2 aromatic carbocycles. The van der Waals surface area contributed by atoms with Gasteiger partial charge in [0.05, 0.1) is 0 Å². The van der Waals surface area contributed by atoms with Gasteiger partial charge in [-0.3, -0.25) is 9.59 Å². The molecule has 0 aliphatic carbocycles. The minimum absolute atomic E-state index is 0.217. The van der Waals surface area contributed by atoms with Crippen LogP contribution in [0.25, 0.3) is 0 Å². The van der Waals surface area contributed by atoms with Gasteiger partial charge >= 0.3 is 6.09 Å². The number of amides is 3. The molecule has 40 heavy (non-hydrogen) atoms. The van der Waals surface area contributed by atoms with Crippen molar-refractivity contribution >= 4 is 17.9 Å². The highest BCUT2D eigenvalue weighted by atomic mass is 16.6. The van der Waals surface area contributed by atoms with Crippen LogP contribution < -0.4 is 10.6 Å². The zero-order valence-corrected chi connectivity index (χ0v) is 25.7. The molecule has 0 spiro atoms. The molecule has 0 aliphatic rings. The number of carbonyl (C=O) groups is 3. The molecule has 7 nitrogen and oxygen atoms in total. The standard InChI is InChI=1S/C33H49N3O4/c1-9-10-11-15-18-36(31(38)28(23(2)3)35-32(39)40-33(6,7)8)29(27-20-24(4)19-25(5)21-27)30(37)34-22-26-16-13-12-14-17-26/h12-14,16-17,19-21,23,28-29H,9-11,15,18,22H2,1-8H3,(H,34,37)(H,35,39). The van der Waals surface area contributed by atoms with Crippen molar-refractivity contribution in [2.75, 3.05) is 6.54 Å². The van der Waals surface area contributed by atoms with Gasteiger partial charge in [-0.15, -0.1) is 0 Å². The highest BCUT2D eigenvalue weighted by Gasteiger charge is 2.37. The van der Waals surface area contributed by atoms with Gasteiger partial charge in [-0.1, -0.05) is 99.7 Å². The van der Waals surface area contributed by atoms with Crippen LogP contribution in [0.5, 0.6) is 0 Å². The number of nitrogens with zero attached hydrogens (tertiary/aromatic N) is 1. The van der Waals surface area contributed by atoms with Crippen molar-refractivity contribution in [3.63, 3.8) is 0 Å². The molecule has 0 aromatic heterocycles. The molecule has 0 fully saturated rings. The van der Waals surface area contributed by atoms with Crippen LogP contribution in [-0.4, -0.2) is 41.0 Å². The number of rotatable bonds is 13. The fraction of sp³-hybridized carbons (Fsp3) is 0.545. The molecule has 2 aromatic rings. The Bertz CT molecular complexity index is 1090. The highest BCUT2D eigenvalue weighted by Crippen LogP contribution is 2.27. The third kappa shape index (κ3) is 10.7. The number of aryl methyl sites for hydroxylation is 2. The van der Waals surface area contributed by atoms with Gasteiger partial charge in [0.2, 0.25) is 11.8 Å². The maximum Gasteiger partial charge on any atom is 0.408 e. The Kier molecular flexibility index (Phi) is 12.7. The Balaban J connectivity index is 2.50. The summed E-state index contributed by atoms with van der Waals surface area (Å²) in [5.74, 6) is -0.765. The molecule has 220 valence electrons. The van der Waals surface area contributed by atoms with Crippen molar-refractivity contribution < 1.29 is 19.1 Å². The van der Waals surface area contributed by atoms with E-state index in [0.29, 0.717) is 13.1 Å². The first-order valence-corrected chi connectivity index (χ1v) is 14.5. The Morgan fingerprint density at radius 2 is 1.55 bits per heavy atom. The first-order valence-electron chi connectivity index (χ1n) is 14.5. The molecule has 0 heterocycles. The highest BCUT2D eigenvalue weighted by molar-refractivity contribution is 5.92. The van der Waals surface area contributed by atoms with E-state index in [4.69, 9.17) is 4.74 Å². The van der Waals surface area contributed by atoms with E-state index in [2.05, 4.69) is 23.6 Å². The van der Waals surface area contributed by atoms with Crippen molar-refractivity contribution in [3.8, 4) is 0 Å². The van der Waals surface area contributed by atoms with Crippen molar-refractivity contribution in [2.45, 2.75) is 105 Å². The second-order valence-electron chi connectivity index (χ2n) is 12.0. The Labute approximate surface area is 241 Å². The summed E-state index contributed by atoms with van der Waals surface area (Å²) in [5.41, 5.74) is 3.06. The minimum Gasteiger partial charge on any atom is -0.444 e. The summed E-state index contributed by atoms with van der Waals surface area (Å²) in [6.07, 6.45) is 3.14. The minimum atomic E-state index is -0.851. The summed E-state index contributed by atoms with van der Waals surface area (Å²) in [6.45, 7) is 16.0. The molecule has 2 unspecified atom stereocenters. The number of alkyl carbamates (subject to hydrolysis) is 1. The molecule has 0 radical (unpaired) electrons. The molecule has 0 bridgehead atoms. The van der Waals surface area contributed by atoms with E-state index >= 15 is 0 Å². The zero-order chi connectivity index (χ0) is 29.9. The monoisotopic (exact) mass is 551 g/mol. The molecule has 2 N–H and O–H groups in total. The molecule has 7 heteroatoms. The Hall–Kier alpha value is -3.35.